The van der Waals surface area contributed by atoms with Crippen LogP contribution in [0.2, 0.25) is 0 Å². The van der Waals surface area contributed by atoms with E-state index in [4.69, 9.17) is 4.74 Å². The van der Waals surface area contributed by atoms with Crippen LogP contribution in [0, 0.1) is 5.92 Å². The largest absolute Gasteiger partial charge is 0.380 e. The molecule has 2 heterocycles. The van der Waals surface area contributed by atoms with Gasteiger partial charge in [0.05, 0.1) is 13.2 Å². The van der Waals surface area contributed by atoms with Crippen molar-refractivity contribution in [3.63, 3.8) is 0 Å². The second-order valence-electron chi connectivity index (χ2n) is 4.78. The van der Waals surface area contributed by atoms with Crippen LogP contribution in [0.25, 0.3) is 0 Å². The Morgan fingerprint density at radius 2 is 2.24 bits per heavy atom. The number of hydrogen-bond donors (Lipinski definition) is 0. The molecule has 0 radical (unpaired) electrons. The fourth-order valence-corrected chi connectivity index (χ4v) is 4.01. The first kappa shape index (κ1) is 11.3. The predicted octanol–water partition coefficient (Wildman–Crippen LogP) is 2.70. The van der Waals surface area contributed by atoms with Crippen LogP contribution in [0.15, 0.2) is 29.2 Å². The lowest BCUT2D eigenvalue weighted by atomic mass is 9.93. The lowest BCUT2D eigenvalue weighted by Gasteiger charge is -2.23. The van der Waals surface area contributed by atoms with Gasteiger partial charge in [0, 0.05) is 22.5 Å². The van der Waals surface area contributed by atoms with Gasteiger partial charge in [0.1, 0.15) is 5.78 Å². The van der Waals surface area contributed by atoms with Crippen molar-refractivity contribution in [2.75, 3.05) is 13.2 Å². The van der Waals surface area contributed by atoms with E-state index in [-0.39, 0.29) is 5.92 Å². The van der Waals surface area contributed by atoms with Gasteiger partial charge in [-0.05, 0) is 24.5 Å². The minimum absolute atomic E-state index is 0.135. The van der Waals surface area contributed by atoms with E-state index in [1.54, 1.807) is 0 Å². The number of Topliss-reactive ketones (excluding diaryl/α,β-unsaturated/α-hetero) is 1. The number of ketones is 1. The Balaban J connectivity index is 1.63. The number of rotatable bonds is 2. The van der Waals surface area contributed by atoms with Crippen molar-refractivity contribution in [1.29, 1.82) is 0 Å². The lowest BCUT2D eigenvalue weighted by molar-refractivity contribution is -0.130. The van der Waals surface area contributed by atoms with Crippen LogP contribution in [-0.2, 0) is 16.0 Å². The van der Waals surface area contributed by atoms with E-state index in [1.807, 2.05) is 11.8 Å². The summed E-state index contributed by atoms with van der Waals surface area (Å²) in [6.07, 6.45) is 2.68. The maximum absolute atomic E-state index is 11.8. The van der Waals surface area contributed by atoms with Crippen molar-refractivity contribution < 1.29 is 9.53 Å². The molecular weight excluding hydrogens is 232 g/mol. The van der Waals surface area contributed by atoms with Gasteiger partial charge in [-0.1, -0.05) is 18.2 Å². The minimum atomic E-state index is 0.135. The van der Waals surface area contributed by atoms with Crippen LogP contribution in [0.4, 0.5) is 0 Å². The van der Waals surface area contributed by atoms with Gasteiger partial charge in [-0.3, -0.25) is 4.79 Å². The third-order valence-electron chi connectivity index (χ3n) is 3.53. The number of carbonyl (C=O) groups excluding carboxylic acids is 1. The van der Waals surface area contributed by atoms with Gasteiger partial charge in [-0.15, -0.1) is 11.8 Å². The lowest BCUT2D eigenvalue weighted by Crippen LogP contribution is -2.29. The number of fused-ring (bicyclic) bond motifs is 1. The highest BCUT2D eigenvalue weighted by Crippen LogP contribution is 2.40. The fraction of sp³-hybridized carbons (Fsp3) is 0.500. The maximum Gasteiger partial charge on any atom is 0.140 e. The molecule has 0 bridgehead atoms. The number of hydrogen-bond acceptors (Lipinski definition) is 3. The second-order valence-corrected chi connectivity index (χ2v) is 6.12. The van der Waals surface area contributed by atoms with E-state index >= 15 is 0 Å². The summed E-state index contributed by atoms with van der Waals surface area (Å²) in [6.45, 7) is 1.25. The summed E-state index contributed by atoms with van der Waals surface area (Å²) in [4.78, 5) is 13.2. The summed E-state index contributed by atoms with van der Waals surface area (Å²) in [5.41, 5.74) is 1.44. The van der Waals surface area contributed by atoms with E-state index in [1.165, 1.54) is 10.5 Å². The molecule has 2 atom stereocenters. The van der Waals surface area contributed by atoms with Crippen LogP contribution in [0.3, 0.4) is 0 Å². The quantitative estimate of drug-likeness (QED) is 0.805. The van der Waals surface area contributed by atoms with Crippen molar-refractivity contribution in [2.24, 2.45) is 5.92 Å². The SMILES string of the molecule is O=C1CCOCC1CC1Cc2ccccc2S1. The highest BCUT2D eigenvalue weighted by Gasteiger charge is 2.29. The molecule has 0 aliphatic carbocycles. The Kier molecular flexibility index (Phi) is 3.21. The Bertz CT molecular complexity index is 405. The Hall–Kier alpha value is -0.800. The van der Waals surface area contributed by atoms with E-state index < -0.39 is 0 Å². The topological polar surface area (TPSA) is 26.3 Å². The molecule has 1 aromatic rings. The normalized spacial score (nSPS) is 28.1. The molecule has 3 rings (SSSR count). The summed E-state index contributed by atoms with van der Waals surface area (Å²) >= 11 is 1.92. The van der Waals surface area contributed by atoms with Crippen LogP contribution >= 0.6 is 11.8 Å². The number of benzene rings is 1. The van der Waals surface area contributed by atoms with Gasteiger partial charge in [0.25, 0.3) is 0 Å². The molecule has 0 amide bonds. The molecule has 1 aromatic carbocycles. The van der Waals surface area contributed by atoms with Crippen LogP contribution in [-0.4, -0.2) is 24.2 Å². The maximum atomic E-state index is 11.8. The van der Waals surface area contributed by atoms with E-state index in [9.17, 15) is 4.79 Å². The summed E-state index contributed by atoms with van der Waals surface area (Å²) in [5.74, 6) is 0.531. The molecule has 0 spiro atoms. The molecule has 2 unspecified atom stereocenters. The average Bonchev–Trinajstić information content (AvgIpc) is 2.74. The first-order valence-corrected chi connectivity index (χ1v) is 7.06. The van der Waals surface area contributed by atoms with Crippen LogP contribution < -0.4 is 0 Å². The smallest absolute Gasteiger partial charge is 0.140 e. The standard InChI is InChI=1S/C14H16O2S/c15-13-5-6-16-9-11(13)8-12-7-10-3-1-2-4-14(10)17-12/h1-4,11-12H,5-9H2. The number of thioether (sulfide) groups is 1. The van der Waals surface area contributed by atoms with Crippen molar-refractivity contribution in [1.82, 2.24) is 0 Å². The Labute approximate surface area is 106 Å². The third kappa shape index (κ3) is 2.40. The number of carbonyl (C=O) groups is 1. The van der Waals surface area contributed by atoms with E-state index in [2.05, 4.69) is 24.3 Å². The molecule has 0 aromatic heterocycles. The summed E-state index contributed by atoms with van der Waals surface area (Å²) in [7, 11) is 0. The zero-order chi connectivity index (χ0) is 11.7. The van der Waals surface area contributed by atoms with Gasteiger partial charge in [-0.25, -0.2) is 0 Å². The number of ether oxygens (including phenoxy) is 1. The Morgan fingerprint density at radius 1 is 1.35 bits per heavy atom. The zero-order valence-electron chi connectivity index (χ0n) is 9.72. The molecular formula is C14H16O2S. The highest BCUT2D eigenvalue weighted by molar-refractivity contribution is 8.00. The van der Waals surface area contributed by atoms with Gasteiger partial charge in [0.15, 0.2) is 0 Å². The fourth-order valence-electron chi connectivity index (χ4n) is 2.60. The van der Waals surface area contributed by atoms with Crippen LogP contribution in [0.1, 0.15) is 18.4 Å². The molecule has 1 saturated heterocycles. The minimum Gasteiger partial charge on any atom is -0.380 e. The molecule has 90 valence electrons. The molecule has 2 aliphatic heterocycles. The molecule has 0 saturated carbocycles. The second kappa shape index (κ2) is 4.83. The summed E-state index contributed by atoms with van der Waals surface area (Å²) < 4.78 is 5.41. The Morgan fingerprint density at radius 3 is 3.06 bits per heavy atom. The van der Waals surface area contributed by atoms with Crippen molar-refractivity contribution >= 4 is 17.5 Å². The van der Waals surface area contributed by atoms with E-state index in [0.29, 0.717) is 30.7 Å². The van der Waals surface area contributed by atoms with Crippen molar-refractivity contribution in [3.8, 4) is 0 Å². The van der Waals surface area contributed by atoms with E-state index in [0.717, 1.165) is 12.8 Å². The molecule has 1 fully saturated rings. The van der Waals surface area contributed by atoms with Crippen molar-refractivity contribution in [3.05, 3.63) is 29.8 Å². The predicted molar refractivity (Wildman–Crippen MR) is 68.3 cm³/mol. The molecule has 2 aliphatic rings. The molecule has 17 heavy (non-hydrogen) atoms. The average molecular weight is 248 g/mol. The van der Waals surface area contributed by atoms with Gasteiger partial charge in [0.2, 0.25) is 0 Å². The monoisotopic (exact) mass is 248 g/mol. The first-order chi connectivity index (χ1) is 8.33. The third-order valence-corrected chi connectivity index (χ3v) is 4.87. The molecule has 2 nitrogen and oxygen atoms in total. The van der Waals surface area contributed by atoms with Gasteiger partial charge < -0.3 is 4.74 Å². The zero-order valence-corrected chi connectivity index (χ0v) is 10.5. The highest BCUT2D eigenvalue weighted by atomic mass is 32.2. The summed E-state index contributed by atoms with van der Waals surface area (Å²) in [5, 5.41) is 0.558. The van der Waals surface area contributed by atoms with Crippen molar-refractivity contribution in [2.45, 2.75) is 29.4 Å². The molecule has 0 N–H and O–H groups in total. The van der Waals surface area contributed by atoms with Crippen LogP contribution in [0.5, 0.6) is 0 Å². The first-order valence-electron chi connectivity index (χ1n) is 6.18. The molecule has 3 heteroatoms. The summed E-state index contributed by atoms with van der Waals surface area (Å²) in [6, 6.07) is 8.56. The van der Waals surface area contributed by atoms with Gasteiger partial charge in [-0.2, -0.15) is 0 Å². The van der Waals surface area contributed by atoms with Gasteiger partial charge >= 0.3 is 0 Å².